The first-order valence-corrected chi connectivity index (χ1v) is 9.56. The average molecular weight is 323 g/mol. The van der Waals surface area contributed by atoms with Crippen molar-refractivity contribution in [3.05, 3.63) is 22.4 Å². The maximum absolute atomic E-state index is 11.6. The Hall–Kier alpha value is -1.16. The van der Waals surface area contributed by atoms with Crippen LogP contribution >= 0.6 is 11.3 Å². The van der Waals surface area contributed by atoms with Crippen LogP contribution in [0.2, 0.25) is 0 Å². The number of carbonyl (C=O) groups excluding carboxylic acids is 1. The van der Waals surface area contributed by atoms with E-state index in [-0.39, 0.29) is 5.91 Å². The molecule has 0 aromatic carbocycles. The standard InChI is InChI=1S/C18H30N2OS/c1-2-3-4-5-6-7-8-9-10-11-14-18(21)20-19-16-17-13-12-15-22-17/h12-13,15-16H,2-11,14H2,1H3,(H,20,21)/b19-16+. The number of nitrogens with zero attached hydrogens (tertiary/aromatic N) is 1. The molecule has 0 atom stereocenters. The van der Waals surface area contributed by atoms with Gasteiger partial charge in [0.15, 0.2) is 0 Å². The zero-order valence-electron chi connectivity index (χ0n) is 13.9. The van der Waals surface area contributed by atoms with E-state index in [1.54, 1.807) is 17.6 Å². The van der Waals surface area contributed by atoms with Crippen molar-refractivity contribution in [1.29, 1.82) is 0 Å². The van der Waals surface area contributed by atoms with Crippen molar-refractivity contribution in [2.24, 2.45) is 5.10 Å². The summed E-state index contributed by atoms with van der Waals surface area (Å²) in [4.78, 5) is 12.6. The van der Waals surface area contributed by atoms with E-state index in [2.05, 4.69) is 17.5 Å². The number of hydrogen-bond acceptors (Lipinski definition) is 3. The fourth-order valence-electron chi connectivity index (χ4n) is 2.36. The van der Waals surface area contributed by atoms with Gasteiger partial charge < -0.3 is 0 Å². The molecule has 1 heterocycles. The van der Waals surface area contributed by atoms with Crippen molar-refractivity contribution in [3.63, 3.8) is 0 Å². The van der Waals surface area contributed by atoms with E-state index in [0.29, 0.717) is 6.42 Å². The largest absolute Gasteiger partial charge is 0.273 e. The third kappa shape index (κ3) is 10.6. The van der Waals surface area contributed by atoms with Crippen LogP contribution in [0, 0.1) is 0 Å². The van der Waals surface area contributed by atoms with Crippen molar-refractivity contribution in [2.45, 2.75) is 77.6 Å². The van der Waals surface area contributed by atoms with E-state index in [9.17, 15) is 4.79 Å². The Balaban J connectivity index is 1.86. The van der Waals surface area contributed by atoms with Gasteiger partial charge in [0.05, 0.1) is 6.21 Å². The van der Waals surface area contributed by atoms with Gasteiger partial charge in [-0.1, -0.05) is 70.8 Å². The molecule has 1 aromatic rings. The smallest absolute Gasteiger partial charge is 0.240 e. The maximum Gasteiger partial charge on any atom is 0.240 e. The summed E-state index contributed by atoms with van der Waals surface area (Å²) in [6, 6.07) is 3.94. The molecule has 0 saturated carbocycles. The van der Waals surface area contributed by atoms with E-state index in [1.807, 2.05) is 17.5 Å². The van der Waals surface area contributed by atoms with Gasteiger partial charge in [-0.2, -0.15) is 5.10 Å². The average Bonchev–Trinajstić information content (AvgIpc) is 3.02. The van der Waals surface area contributed by atoms with Gasteiger partial charge in [0.1, 0.15) is 0 Å². The molecule has 22 heavy (non-hydrogen) atoms. The van der Waals surface area contributed by atoms with Gasteiger partial charge in [0.2, 0.25) is 5.91 Å². The van der Waals surface area contributed by atoms with Gasteiger partial charge in [-0.15, -0.1) is 11.3 Å². The fourth-order valence-corrected chi connectivity index (χ4v) is 2.95. The zero-order chi connectivity index (χ0) is 15.9. The highest BCUT2D eigenvalue weighted by molar-refractivity contribution is 7.11. The molecule has 0 aliphatic heterocycles. The number of hydrazone groups is 1. The first-order chi connectivity index (χ1) is 10.8. The van der Waals surface area contributed by atoms with Crippen LogP contribution in [-0.4, -0.2) is 12.1 Å². The van der Waals surface area contributed by atoms with Crippen LogP contribution in [0.25, 0.3) is 0 Å². The summed E-state index contributed by atoms with van der Waals surface area (Å²) in [5.74, 6) is 0.0207. The highest BCUT2D eigenvalue weighted by Gasteiger charge is 1.99. The van der Waals surface area contributed by atoms with Crippen molar-refractivity contribution >= 4 is 23.5 Å². The third-order valence-electron chi connectivity index (χ3n) is 3.68. The van der Waals surface area contributed by atoms with Gasteiger partial charge in [-0.3, -0.25) is 4.79 Å². The lowest BCUT2D eigenvalue weighted by Crippen LogP contribution is -2.16. The Bertz CT molecular complexity index is 401. The number of amides is 1. The van der Waals surface area contributed by atoms with E-state index in [1.165, 1.54) is 51.4 Å². The van der Waals surface area contributed by atoms with E-state index < -0.39 is 0 Å². The lowest BCUT2D eigenvalue weighted by molar-refractivity contribution is -0.121. The molecule has 1 amide bonds. The second kappa shape index (κ2) is 13.5. The topological polar surface area (TPSA) is 41.5 Å². The number of hydrogen-bond donors (Lipinski definition) is 1. The monoisotopic (exact) mass is 322 g/mol. The summed E-state index contributed by atoms with van der Waals surface area (Å²) in [5.41, 5.74) is 2.59. The number of thiophene rings is 1. The van der Waals surface area contributed by atoms with Gasteiger partial charge in [-0.05, 0) is 17.9 Å². The first-order valence-electron chi connectivity index (χ1n) is 8.68. The van der Waals surface area contributed by atoms with Crippen LogP contribution in [0.1, 0.15) is 82.4 Å². The molecule has 1 aromatic heterocycles. The van der Waals surface area contributed by atoms with Crippen LogP contribution in [0.3, 0.4) is 0 Å². The Kier molecular flexibility index (Phi) is 11.6. The van der Waals surface area contributed by atoms with Gasteiger partial charge in [0.25, 0.3) is 0 Å². The predicted molar refractivity (Wildman–Crippen MR) is 96.5 cm³/mol. The van der Waals surface area contributed by atoms with Crippen LogP contribution < -0.4 is 5.43 Å². The molecule has 0 unspecified atom stereocenters. The first kappa shape index (κ1) is 18.9. The summed E-state index contributed by atoms with van der Waals surface area (Å²) < 4.78 is 0. The second-order valence-corrected chi connectivity index (χ2v) is 6.72. The molecule has 4 heteroatoms. The van der Waals surface area contributed by atoms with Gasteiger partial charge >= 0.3 is 0 Å². The summed E-state index contributed by atoms with van der Waals surface area (Å²) >= 11 is 1.61. The molecule has 1 N–H and O–H groups in total. The van der Waals surface area contributed by atoms with Crippen molar-refractivity contribution < 1.29 is 4.79 Å². The zero-order valence-corrected chi connectivity index (χ0v) is 14.7. The van der Waals surface area contributed by atoms with Crippen molar-refractivity contribution in [1.82, 2.24) is 5.43 Å². The molecule has 0 fully saturated rings. The highest BCUT2D eigenvalue weighted by atomic mass is 32.1. The maximum atomic E-state index is 11.6. The van der Waals surface area contributed by atoms with Crippen molar-refractivity contribution in [3.8, 4) is 0 Å². The minimum Gasteiger partial charge on any atom is -0.273 e. The summed E-state index contributed by atoms with van der Waals surface area (Å²) in [5, 5.41) is 5.96. The van der Waals surface area contributed by atoms with Crippen LogP contribution in [0.15, 0.2) is 22.6 Å². The Morgan fingerprint density at radius 1 is 1.09 bits per heavy atom. The Labute approximate surface area is 139 Å². The molecule has 1 rings (SSSR count). The molecule has 0 saturated heterocycles. The minimum absolute atomic E-state index is 0.0207. The summed E-state index contributed by atoms with van der Waals surface area (Å²) in [6.07, 6.45) is 15.2. The molecule has 0 spiro atoms. The molecule has 0 aliphatic rings. The van der Waals surface area contributed by atoms with E-state index in [0.717, 1.165) is 17.7 Å². The van der Waals surface area contributed by atoms with Gasteiger partial charge in [-0.25, -0.2) is 5.43 Å². The van der Waals surface area contributed by atoms with Crippen LogP contribution in [0.5, 0.6) is 0 Å². The van der Waals surface area contributed by atoms with Gasteiger partial charge in [0, 0.05) is 11.3 Å². The van der Waals surface area contributed by atoms with Crippen molar-refractivity contribution in [2.75, 3.05) is 0 Å². The summed E-state index contributed by atoms with van der Waals surface area (Å²) in [7, 11) is 0. The molecular formula is C18H30N2OS. The van der Waals surface area contributed by atoms with E-state index >= 15 is 0 Å². The molecule has 0 radical (unpaired) electrons. The minimum atomic E-state index is 0.0207. The quantitative estimate of drug-likeness (QED) is 0.290. The third-order valence-corrected chi connectivity index (χ3v) is 4.49. The number of rotatable bonds is 13. The van der Waals surface area contributed by atoms with Crippen LogP contribution in [0.4, 0.5) is 0 Å². The molecular weight excluding hydrogens is 292 g/mol. The van der Waals surface area contributed by atoms with Crippen LogP contribution in [-0.2, 0) is 4.79 Å². The fraction of sp³-hybridized carbons (Fsp3) is 0.667. The molecule has 0 bridgehead atoms. The normalized spacial score (nSPS) is 11.1. The predicted octanol–water partition coefficient (Wildman–Crippen LogP) is 5.51. The molecule has 3 nitrogen and oxygen atoms in total. The number of unbranched alkanes of at least 4 members (excludes halogenated alkanes) is 9. The Morgan fingerprint density at radius 3 is 2.32 bits per heavy atom. The SMILES string of the molecule is CCCCCCCCCCCCC(=O)N/N=C/c1cccs1. The lowest BCUT2D eigenvalue weighted by atomic mass is 10.1. The second-order valence-electron chi connectivity index (χ2n) is 5.74. The molecule has 124 valence electrons. The summed E-state index contributed by atoms with van der Waals surface area (Å²) in [6.45, 7) is 2.25. The van der Waals surface area contributed by atoms with E-state index in [4.69, 9.17) is 0 Å². The Morgan fingerprint density at radius 2 is 1.73 bits per heavy atom. The number of carbonyl (C=O) groups is 1. The lowest BCUT2D eigenvalue weighted by Gasteiger charge is -2.02. The molecule has 0 aliphatic carbocycles. The highest BCUT2D eigenvalue weighted by Crippen LogP contribution is 2.11. The number of nitrogens with one attached hydrogen (secondary N) is 1.